The number of anilines is 1. The molecule has 0 radical (unpaired) electrons. The molecule has 0 aromatic carbocycles. The minimum Gasteiger partial charge on any atom is -0.397 e. The first-order chi connectivity index (χ1) is 9.15. The van der Waals surface area contributed by atoms with Gasteiger partial charge < -0.3 is 20.3 Å². The highest BCUT2D eigenvalue weighted by Crippen LogP contribution is 2.20. The fourth-order valence-electron chi connectivity index (χ4n) is 2.62. The number of aliphatic hydroxyl groups excluding tert-OH is 1. The number of aromatic nitrogens is 1. The van der Waals surface area contributed by atoms with Gasteiger partial charge in [0.25, 0.3) is 5.91 Å². The first-order valence-corrected chi connectivity index (χ1v) is 7.01. The van der Waals surface area contributed by atoms with Crippen molar-refractivity contribution < 1.29 is 9.90 Å². The molecule has 0 aliphatic carbocycles. The van der Waals surface area contributed by atoms with E-state index in [9.17, 15) is 4.79 Å². The van der Waals surface area contributed by atoms with E-state index in [0.29, 0.717) is 17.3 Å². The number of nitrogens with zero attached hydrogens (tertiary/aromatic N) is 2. The SMILES string of the molecule is CCCn1cc(N)cc1C(=O)N1CCC(CO)CC1. The second-order valence-electron chi connectivity index (χ2n) is 5.27. The van der Waals surface area contributed by atoms with Crippen LogP contribution in [0.2, 0.25) is 0 Å². The van der Waals surface area contributed by atoms with Crippen LogP contribution in [-0.2, 0) is 6.54 Å². The Kier molecular flexibility index (Phi) is 4.47. The highest BCUT2D eigenvalue weighted by atomic mass is 16.3. The molecule has 0 bridgehead atoms. The minimum atomic E-state index is 0.0570. The Morgan fingerprint density at radius 1 is 1.47 bits per heavy atom. The van der Waals surface area contributed by atoms with Crippen molar-refractivity contribution in [2.75, 3.05) is 25.4 Å². The van der Waals surface area contributed by atoms with E-state index in [4.69, 9.17) is 10.8 Å². The second-order valence-corrected chi connectivity index (χ2v) is 5.27. The van der Waals surface area contributed by atoms with Crippen molar-refractivity contribution in [3.05, 3.63) is 18.0 Å². The number of nitrogen functional groups attached to an aromatic ring is 1. The van der Waals surface area contributed by atoms with Crippen molar-refractivity contribution in [1.82, 2.24) is 9.47 Å². The summed E-state index contributed by atoms with van der Waals surface area (Å²) in [5.41, 5.74) is 7.12. The third-order valence-corrected chi connectivity index (χ3v) is 3.76. The molecule has 2 rings (SSSR count). The molecular formula is C14H23N3O2. The van der Waals surface area contributed by atoms with E-state index in [1.807, 2.05) is 15.7 Å². The van der Waals surface area contributed by atoms with Crippen molar-refractivity contribution in [3.8, 4) is 0 Å². The van der Waals surface area contributed by atoms with Crippen LogP contribution >= 0.6 is 0 Å². The van der Waals surface area contributed by atoms with Crippen molar-refractivity contribution >= 4 is 11.6 Å². The molecule has 1 aromatic heterocycles. The molecule has 1 fully saturated rings. The normalized spacial score (nSPS) is 16.8. The lowest BCUT2D eigenvalue weighted by atomic mass is 9.98. The number of carbonyl (C=O) groups excluding carboxylic acids is 1. The summed E-state index contributed by atoms with van der Waals surface area (Å²) in [7, 11) is 0. The van der Waals surface area contributed by atoms with Crippen molar-refractivity contribution in [3.63, 3.8) is 0 Å². The zero-order valence-electron chi connectivity index (χ0n) is 11.5. The van der Waals surface area contributed by atoms with E-state index in [1.165, 1.54) is 0 Å². The maximum absolute atomic E-state index is 12.5. The van der Waals surface area contributed by atoms with Gasteiger partial charge in [0.2, 0.25) is 0 Å². The monoisotopic (exact) mass is 265 g/mol. The Labute approximate surface area is 114 Å². The van der Waals surface area contributed by atoms with Crippen LogP contribution in [-0.4, -0.2) is 40.2 Å². The third-order valence-electron chi connectivity index (χ3n) is 3.76. The van der Waals surface area contributed by atoms with E-state index in [-0.39, 0.29) is 12.5 Å². The first kappa shape index (κ1) is 13.9. The molecule has 1 saturated heterocycles. The molecule has 5 heteroatoms. The largest absolute Gasteiger partial charge is 0.397 e. The Hall–Kier alpha value is -1.49. The molecule has 3 N–H and O–H groups in total. The van der Waals surface area contributed by atoms with Crippen LogP contribution in [0, 0.1) is 5.92 Å². The fourth-order valence-corrected chi connectivity index (χ4v) is 2.62. The van der Waals surface area contributed by atoms with Gasteiger partial charge in [-0.25, -0.2) is 0 Å². The number of nitrogens with two attached hydrogens (primary N) is 1. The van der Waals surface area contributed by atoms with E-state index >= 15 is 0 Å². The van der Waals surface area contributed by atoms with Crippen LogP contribution in [0.5, 0.6) is 0 Å². The lowest BCUT2D eigenvalue weighted by molar-refractivity contribution is 0.0640. The molecule has 19 heavy (non-hydrogen) atoms. The molecule has 1 aromatic rings. The summed E-state index contributed by atoms with van der Waals surface area (Å²) >= 11 is 0. The predicted molar refractivity (Wildman–Crippen MR) is 74.8 cm³/mol. The molecule has 0 atom stereocenters. The van der Waals surface area contributed by atoms with Crippen LogP contribution in [0.1, 0.15) is 36.7 Å². The molecule has 5 nitrogen and oxygen atoms in total. The Morgan fingerprint density at radius 3 is 2.74 bits per heavy atom. The van der Waals surface area contributed by atoms with E-state index in [1.54, 1.807) is 6.07 Å². The number of likely N-dealkylation sites (tertiary alicyclic amines) is 1. The Morgan fingerprint density at radius 2 is 2.16 bits per heavy atom. The number of aryl methyl sites for hydroxylation is 1. The van der Waals surface area contributed by atoms with Gasteiger partial charge in [0.15, 0.2) is 0 Å². The number of hydrogen-bond donors (Lipinski definition) is 2. The van der Waals surface area contributed by atoms with Gasteiger partial charge in [-0.05, 0) is 31.2 Å². The van der Waals surface area contributed by atoms with Gasteiger partial charge in [-0.3, -0.25) is 4.79 Å². The summed E-state index contributed by atoms with van der Waals surface area (Å²) < 4.78 is 1.94. The Balaban J connectivity index is 2.07. The molecule has 0 unspecified atom stereocenters. The highest BCUT2D eigenvalue weighted by molar-refractivity contribution is 5.93. The number of hydrogen-bond acceptors (Lipinski definition) is 3. The number of rotatable bonds is 4. The van der Waals surface area contributed by atoms with Gasteiger partial charge in [0, 0.05) is 32.4 Å². The molecule has 1 aliphatic heterocycles. The lowest BCUT2D eigenvalue weighted by Crippen LogP contribution is -2.40. The van der Waals surface area contributed by atoms with Gasteiger partial charge in [-0.1, -0.05) is 6.92 Å². The molecule has 2 heterocycles. The van der Waals surface area contributed by atoms with Crippen LogP contribution < -0.4 is 5.73 Å². The van der Waals surface area contributed by atoms with Crippen molar-refractivity contribution in [1.29, 1.82) is 0 Å². The number of aliphatic hydroxyl groups is 1. The van der Waals surface area contributed by atoms with Crippen LogP contribution in [0.3, 0.4) is 0 Å². The van der Waals surface area contributed by atoms with Crippen LogP contribution in [0.4, 0.5) is 5.69 Å². The summed E-state index contributed by atoms with van der Waals surface area (Å²) in [4.78, 5) is 14.4. The molecular weight excluding hydrogens is 242 g/mol. The van der Waals surface area contributed by atoms with Gasteiger partial charge >= 0.3 is 0 Å². The summed E-state index contributed by atoms with van der Waals surface area (Å²) in [6, 6.07) is 1.76. The average molecular weight is 265 g/mol. The highest BCUT2D eigenvalue weighted by Gasteiger charge is 2.25. The zero-order chi connectivity index (χ0) is 13.8. The van der Waals surface area contributed by atoms with Gasteiger partial charge in [-0.2, -0.15) is 0 Å². The predicted octanol–water partition coefficient (Wildman–Crippen LogP) is 1.32. The number of piperidine rings is 1. The smallest absolute Gasteiger partial charge is 0.270 e. The van der Waals surface area contributed by atoms with E-state index in [0.717, 1.165) is 38.9 Å². The number of carbonyl (C=O) groups is 1. The van der Waals surface area contributed by atoms with Crippen molar-refractivity contribution in [2.45, 2.75) is 32.7 Å². The molecule has 0 saturated carbocycles. The zero-order valence-corrected chi connectivity index (χ0v) is 11.5. The van der Waals surface area contributed by atoms with Crippen LogP contribution in [0.15, 0.2) is 12.3 Å². The summed E-state index contributed by atoms with van der Waals surface area (Å²) in [6.07, 6.45) is 4.57. The maximum atomic E-state index is 12.5. The quantitative estimate of drug-likeness (QED) is 0.862. The fraction of sp³-hybridized carbons (Fsp3) is 0.643. The second kappa shape index (κ2) is 6.10. The van der Waals surface area contributed by atoms with Gasteiger partial charge in [0.05, 0.1) is 5.69 Å². The Bertz CT molecular complexity index is 434. The van der Waals surface area contributed by atoms with Crippen LogP contribution in [0.25, 0.3) is 0 Å². The minimum absolute atomic E-state index is 0.0570. The topological polar surface area (TPSA) is 71.5 Å². The van der Waals surface area contributed by atoms with E-state index < -0.39 is 0 Å². The average Bonchev–Trinajstić information content (AvgIpc) is 2.79. The first-order valence-electron chi connectivity index (χ1n) is 7.01. The molecule has 1 aliphatic rings. The molecule has 1 amide bonds. The lowest BCUT2D eigenvalue weighted by Gasteiger charge is -2.31. The third kappa shape index (κ3) is 3.10. The maximum Gasteiger partial charge on any atom is 0.270 e. The van der Waals surface area contributed by atoms with Gasteiger partial charge in [0.1, 0.15) is 5.69 Å². The number of amides is 1. The molecule has 106 valence electrons. The summed E-state index contributed by atoms with van der Waals surface area (Å²) in [5, 5.41) is 9.13. The van der Waals surface area contributed by atoms with Crippen molar-refractivity contribution in [2.24, 2.45) is 5.92 Å². The van der Waals surface area contributed by atoms with Gasteiger partial charge in [-0.15, -0.1) is 0 Å². The standard InChI is InChI=1S/C14H23N3O2/c1-2-5-17-9-12(15)8-13(17)14(19)16-6-3-11(10-18)4-7-16/h8-9,11,18H,2-7,10,15H2,1H3. The summed E-state index contributed by atoms with van der Waals surface area (Å²) in [6.45, 7) is 4.56. The summed E-state index contributed by atoms with van der Waals surface area (Å²) in [5.74, 6) is 0.401. The molecule has 0 spiro atoms. The van der Waals surface area contributed by atoms with E-state index in [2.05, 4.69) is 6.92 Å².